The first-order chi connectivity index (χ1) is 8.38. The van der Waals surface area contributed by atoms with E-state index in [4.69, 9.17) is 17.4 Å². The van der Waals surface area contributed by atoms with Gasteiger partial charge in [0.05, 0.1) is 5.54 Å². The Bertz CT molecular complexity index is 503. The second kappa shape index (κ2) is 5.52. The van der Waals surface area contributed by atoms with Crippen LogP contribution >= 0.6 is 0 Å². The van der Waals surface area contributed by atoms with Gasteiger partial charge in [-0.15, -0.1) is 6.42 Å². The van der Waals surface area contributed by atoms with Crippen LogP contribution in [0.5, 0.6) is 0 Å². The number of nitrogens with zero attached hydrogens (tertiary/aromatic N) is 1. The molecule has 0 atom stereocenters. The molecule has 18 heavy (non-hydrogen) atoms. The Morgan fingerprint density at radius 3 is 2.78 bits per heavy atom. The van der Waals surface area contributed by atoms with Gasteiger partial charge < -0.3 is 10.9 Å². The van der Waals surface area contributed by atoms with Crippen LogP contribution in [0.1, 0.15) is 25.0 Å². The lowest BCUT2D eigenvalue weighted by molar-refractivity contribution is 0.318. The highest BCUT2D eigenvalue weighted by Crippen LogP contribution is 2.11. The number of hydrogen-bond acceptors (Lipinski definition) is 3. The topological polar surface area (TPSA) is 70.6 Å². The molecule has 0 unspecified atom stereocenters. The fourth-order valence-electron chi connectivity index (χ4n) is 1.33. The normalized spacial score (nSPS) is 12.2. The average molecular weight is 249 g/mol. The van der Waals surface area contributed by atoms with Gasteiger partial charge in [0, 0.05) is 12.1 Å². The second-order valence-corrected chi connectivity index (χ2v) is 4.46. The summed E-state index contributed by atoms with van der Waals surface area (Å²) in [5.74, 6) is 2.00. The first-order valence-electron chi connectivity index (χ1n) is 5.38. The van der Waals surface area contributed by atoms with Crippen molar-refractivity contribution in [3.8, 4) is 12.3 Å². The van der Waals surface area contributed by atoms with E-state index in [0.717, 1.165) is 0 Å². The zero-order valence-corrected chi connectivity index (χ0v) is 10.4. The maximum atomic E-state index is 13.4. The van der Waals surface area contributed by atoms with Crippen molar-refractivity contribution in [3.63, 3.8) is 0 Å². The summed E-state index contributed by atoms with van der Waals surface area (Å²) in [6.07, 6.45) is 5.34. The van der Waals surface area contributed by atoms with Crippen LogP contribution in [0, 0.1) is 18.2 Å². The van der Waals surface area contributed by atoms with Gasteiger partial charge in [0.15, 0.2) is 5.84 Å². The molecule has 96 valence electrons. The van der Waals surface area contributed by atoms with Crippen molar-refractivity contribution in [1.82, 2.24) is 5.32 Å². The Labute approximate surface area is 106 Å². The Morgan fingerprint density at radius 2 is 2.22 bits per heavy atom. The van der Waals surface area contributed by atoms with Crippen molar-refractivity contribution in [2.45, 2.75) is 25.9 Å². The molecule has 0 fully saturated rings. The molecule has 1 aromatic rings. The van der Waals surface area contributed by atoms with Crippen molar-refractivity contribution in [3.05, 3.63) is 35.1 Å². The molecule has 0 heterocycles. The number of halogens is 1. The molecule has 0 aromatic heterocycles. The number of rotatable bonds is 4. The van der Waals surface area contributed by atoms with E-state index in [9.17, 15) is 4.39 Å². The second-order valence-electron chi connectivity index (χ2n) is 4.46. The maximum Gasteiger partial charge on any atom is 0.170 e. The third kappa shape index (κ3) is 3.75. The monoisotopic (exact) mass is 249 g/mol. The van der Waals surface area contributed by atoms with Crippen LogP contribution in [0.3, 0.4) is 0 Å². The lowest BCUT2D eigenvalue weighted by atomic mass is 10.1. The summed E-state index contributed by atoms with van der Waals surface area (Å²) < 4.78 is 13.4. The van der Waals surface area contributed by atoms with Crippen molar-refractivity contribution in [2.24, 2.45) is 10.9 Å². The summed E-state index contributed by atoms with van der Waals surface area (Å²) in [5.41, 5.74) is 5.93. The first kappa shape index (κ1) is 14.0. The predicted octanol–water partition coefficient (Wildman–Crippen LogP) is 1.42. The fourth-order valence-corrected chi connectivity index (χ4v) is 1.33. The molecule has 0 radical (unpaired) electrons. The Balaban J connectivity index is 2.91. The van der Waals surface area contributed by atoms with E-state index in [1.807, 2.05) is 13.8 Å². The van der Waals surface area contributed by atoms with Crippen LogP contribution in [-0.4, -0.2) is 16.6 Å². The largest absolute Gasteiger partial charge is 0.409 e. The summed E-state index contributed by atoms with van der Waals surface area (Å²) in [6.45, 7) is 4.08. The lowest BCUT2D eigenvalue weighted by Crippen LogP contribution is -2.37. The lowest BCUT2D eigenvalue weighted by Gasteiger charge is -2.19. The van der Waals surface area contributed by atoms with Gasteiger partial charge >= 0.3 is 0 Å². The number of terminal acetylenes is 1. The van der Waals surface area contributed by atoms with Crippen LogP contribution in [0.15, 0.2) is 23.4 Å². The molecule has 0 aliphatic rings. The van der Waals surface area contributed by atoms with Gasteiger partial charge in [-0.25, -0.2) is 4.39 Å². The zero-order chi connectivity index (χ0) is 13.8. The van der Waals surface area contributed by atoms with Crippen molar-refractivity contribution < 1.29 is 9.60 Å². The van der Waals surface area contributed by atoms with Crippen molar-refractivity contribution in [1.29, 1.82) is 0 Å². The maximum absolute atomic E-state index is 13.4. The highest BCUT2D eigenvalue weighted by atomic mass is 19.1. The summed E-state index contributed by atoms with van der Waals surface area (Å²) >= 11 is 0. The van der Waals surface area contributed by atoms with E-state index in [0.29, 0.717) is 17.7 Å². The number of nitrogens with two attached hydrogens (primary N) is 1. The Hall–Kier alpha value is -2.06. The van der Waals surface area contributed by atoms with E-state index in [1.165, 1.54) is 12.1 Å². The fraction of sp³-hybridized carbons (Fsp3) is 0.308. The number of oxime groups is 1. The number of benzene rings is 1. The summed E-state index contributed by atoms with van der Waals surface area (Å²) in [7, 11) is 0. The molecule has 0 saturated heterocycles. The van der Waals surface area contributed by atoms with E-state index in [2.05, 4.69) is 16.4 Å². The van der Waals surface area contributed by atoms with E-state index < -0.39 is 11.4 Å². The predicted molar refractivity (Wildman–Crippen MR) is 68.7 cm³/mol. The molecule has 4 N–H and O–H groups in total. The highest BCUT2D eigenvalue weighted by molar-refractivity contribution is 5.97. The van der Waals surface area contributed by atoms with E-state index >= 15 is 0 Å². The van der Waals surface area contributed by atoms with Gasteiger partial charge in [-0.1, -0.05) is 11.1 Å². The van der Waals surface area contributed by atoms with Crippen LogP contribution in [-0.2, 0) is 6.54 Å². The van der Waals surface area contributed by atoms with Crippen LogP contribution < -0.4 is 11.1 Å². The van der Waals surface area contributed by atoms with Crippen molar-refractivity contribution >= 4 is 5.84 Å². The van der Waals surface area contributed by atoms with Gasteiger partial charge in [-0.2, -0.15) is 0 Å². The highest BCUT2D eigenvalue weighted by Gasteiger charge is 2.13. The molecular weight excluding hydrogens is 233 g/mol. The molecule has 0 saturated carbocycles. The molecule has 0 aliphatic carbocycles. The minimum Gasteiger partial charge on any atom is -0.409 e. The standard InChI is InChI=1S/C13H16FN3O/c1-4-13(2,3)16-8-9-5-10(12(15)17-18)7-11(14)6-9/h1,5-7,16,18H,8H2,2-3H3,(H2,15,17). The summed E-state index contributed by atoms with van der Waals surface area (Å²) in [5, 5.41) is 14.5. The molecule has 4 nitrogen and oxygen atoms in total. The summed E-state index contributed by atoms with van der Waals surface area (Å²) in [4.78, 5) is 0. The van der Waals surface area contributed by atoms with Crippen LogP contribution in [0.2, 0.25) is 0 Å². The number of hydrogen-bond donors (Lipinski definition) is 3. The van der Waals surface area contributed by atoms with E-state index in [-0.39, 0.29) is 5.84 Å². The Kier molecular flexibility index (Phi) is 4.29. The molecule has 0 amide bonds. The van der Waals surface area contributed by atoms with Gasteiger partial charge in [0.1, 0.15) is 5.82 Å². The molecule has 1 aromatic carbocycles. The van der Waals surface area contributed by atoms with Gasteiger partial charge in [0.2, 0.25) is 0 Å². The SMILES string of the molecule is C#CC(C)(C)NCc1cc(F)cc(/C(N)=N/O)c1. The minimum atomic E-state index is -0.483. The van der Waals surface area contributed by atoms with Gasteiger partial charge in [-0.3, -0.25) is 5.32 Å². The van der Waals surface area contributed by atoms with E-state index in [1.54, 1.807) is 6.07 Å². The molecule has 5 heteroatoms. The van der Waals surface area contributed by atoms with Gasteiger partial charge in [-0.05, 0) is 37.6 Å². The number of nitrogens with one attached hydrogen (secondary N) is 1. The molecule has 0 spiro atoms. The van der Waals surface area contributed by atoms with Gasteiger partial charge in [0.25, 0.3) is 0 Å². The third-order valence-electron chi connectivity index (χ3n) is 2.46. The number of amidine groups is 1. The van der Waals surface area contributed by atoms with Crippen LogP contribution in [0.25, 0.3) is 0 Å². The smallest absolute Gasteiger partial charge is 0.170 e. The molecular formula is C13H16FN3O. The van der Waals surface area contributed by atoms with Crippen LogP contribution in [0.4, 0.5) is 4.39 Å². The third-order valence-corrected chi connectivity index (χ3v) is 2.46. The molecule has 0 aliphatic heterocycles. The quantitative estimate of drug-likeness (QED) is 0.248. The Morgan fingerprint density at radius 1 is 1.56 bits per heavy atom. The van der Waals surface area contributed by atoms with Crippen molar-refractivity contribution in [2.75, 3.05) is 0 Å². The minimum absolute atomic E-state index is 0.132. The molecule has 0 bridgehead atoms. The summed E-state index contributed by atoms with van der Waals surface area (Å²) in [6, 6.07) is 4.20. The zero-order valence-electron chi connectivity index (χ0n) is 10.4. The molecule has 1 rings (SSSR count). The first-order valence-corrected chi connectivity index (χ1v) is 5.38. The average Bonchev–Trinajstić information content (AvgIpc) is 2.35.